The van der Waals surface area contributed by atoms with Crippen LogP contribution in [0.25, 0.3) is 10.8 Å². The summed E-state index contributed by atoms with van der Waals surface area (Å²) >= 11 is 0. The Hall–Kier alpha value is -3.34. The van der Waals surface area contributed by atoms with Crippen LogP contribution in [-0.4, -0.2) is 18.4 Å². The van der Waals surface area contributed by atoms with Crippen molar-refractivity contribution in [2.45, 2.75) is 19.8 Å². The summed E-state index contributed by atoms with van der Waals surface area (Å²) in [5.41, 5.74) is 10.1. The molecule has 3 N–H and O–H groups in total. The SMILES string of the molecule is Cc1ccc(NCC(=O)NNC(=O)c2ccc3c4c(cccc24)CC3)cc1. The Balaban J connectivity index is 1.39. The van der Waals surface area contributed by atoms with E-state index in [1.54, 1.807) is 0 Å². The third-order valence-corrected chi connectivity index (χ3v) is 4.94. The lowest BCUT2D eigenvalue weighted by molar-refractivity contribution is -0.120. The van der Waals surface area contributed by atoms with Gasteiger partial charge in [0, 0.05) is 11.3 Å². The largest absolute Gasteiger partial charge is 0.376 e. The summed E-state index contributed by atoms with van der Waals surface area (Å²) in [6, 6.07) is 17.7. The molecule has 0 fully saturated rings. The molecule has 0 heterocycles. The fraction of sp³-hybridized carbons (Fsp3) is 0.182. The number of hydrazine groups is 1. The van der Waals surface area contributed by atoms with Crippen LogP contribution in [0.1, 0.15) is 27.0 Å². The highest BCUT2D eigenvalue weighted by Crippen LogP contribution is 2.32. The average molecular weight is 359 g/mol. The molecule has 0 bridgehead atoms. The molecule has 0 unspecified atom stereocenters. The van der Waals surface area contributed by atoms with Crippen LogP contribution >= 0.6 is 0 Å². The zero-order valence-corrected chi connectivity index (χ0v) is 15.1. The van der Waals surface area contributed by atoms with Crippen molar-refractivity contribution >= 4 is 28.3 Å². The van der Waals surface area contributed by atoms with Crippen molar-refractivity contribution in [3.63, 3.8) is 0 Å². The highest BCUT2D eigenvalue weighted by Gasteiger charge is 2.18. The molecule has 3 aromatic carbocycles. The molecule has 0 atom stereocenters. The van der Waals surface area contributed by atoms with Crippen molar-refractivity contribution < 1.29 is 9.59 Å². The second-order valence-electron chi connectivity index (χ2n) is 6.83. The summed E-state index contributed by atoms with van der Waals surface area (Å²) in [4.78, 5) is 24.6. The molecule has 0 aromatic heterocycles. The zero-order chi connectivity index (χ0) is 18.8. The number of hydrogen-bond donors (Lipinski definition) is 3. The monoisotopic (exact) mass is 359 g/mol. The van der Waals surface area contributed by atoms with Gasteiger partial charge in [-0.25, -0.2) is 0 Å². The second-order valence-corrected chi connectivity index (χ2v) is 6.83. The Labute approximate surface area is 157 Å². The lowest BCUT2D eigenvalue weighted by Gasteiger charge is -2.11. The summed E-state index contributed by atoms with van der Waals surface area (Å²) in [6.07, 6.45) is 2.03. The Bertz CT molecular complexity index is 1020. The molecule has 5 nitrogen and oxygen atoms in total. The van der Waals surface area contributed by atoms with Crippen LogP contribution in [0.2, 0.25) is 0 Å². The van der Waals surface area contributed by atoms with Gasteiger partial charge in [0.15, 0.2) is 0 Å². The highest BCUT2D eigenvalue weighted by atomic mass is 16.2. The molecule has 0 saturated heterocycles. The van der Waals surface area contributed by atoms with Gasteiger partial charge in [0.1, 0.15) is 0 Å². The molecule has 0 saturated carbocycles. The third kappa shape index (κ3) is 3.49. The predicted octanol–water partition coefficient (Wildman–Crippen LogP) is 3.12. The first-order valence-electron chi connectivity index (χ1n) is 9.05. The topological polar surface area (TPSA) is 70.2 Å². The van der Waals surface area contributed by atoms with Crippen molar-refractivity contribution in [3.8, 4) is 0 Å². The molecule has 5 heteroatoms. The van der Waals surface area contributed by atoms with Crippen molar-refractivity contribution in [3.05, 3.63) is 76.9 Å². The van der Waals surface area contributed by atoms with Gasteiger partial charge in [-0.05, 0) is 59.9 Å². The highest BCUT2D eigenvalue weighted by molar-refractivity contribution is 6.09. The maximum Gasteiger partial charge on any atom is 0.270 e. The lowest BCUT2D eigenvalue weighted by Crippen LogP contribution is -2.44. The van der Waals surface area contributed by atoms with Gasteiger partial charge in [0.25, 0.3) is 11.8 Å². The Kier molecular flexibility index (Phi) is 4.50. The Morgan fingerprint density at radius 2 is 1.63 bits per heavy atom. The molecular weight excluding hydrogens is 338 g/mol. The van der Waals surface area contributed by atoms with E-state index in [0.29, 0.717) is 5.56 Å². The molecule has 1 aliphatic carbocycles. The normalized spacial score (nSPS) is 12.0. The number of anilines is 1. The molecule has 3 aromatic rings. The molecular formula is C22H21N3O2. The lowest BCUT2D eigenvalue weighted by atomic mass is 10.00. The molecule has 27 heavy (non-hydrogen) atoms. The van der Waals surface area contributed by atoms with Gasteiger partial charge in [-0.3, -0.25) is 20.4 Å². The van der Waals surface area contributed by atoms with Crippen molar-refractivity contribution in [1.82, 2.24) is 10.9 Å². The molecule has 4 rings (SSSR count). The van der Waals surface area contributed by atoms with Crippen LogP contribution in [0.5, 0.6) is 0 Å². The van der Waals surface area contributed by atoms with E-state index in [2.05, 4.69) is 22.2 Å². The number of carbonyl (C=O) groups excluding carboxylic acids is 2. The number of amides is 2. The van der Waals surface area contributed by atoms with E-state index in [9.17, 15) is 9.59 Å². The first-order chi connectivity index (χ1) is 13.1. The number of aryl methyl sites for hydroxylation is 3. The number of nitrogens with one attached hydrogen (secondary N) is 3. The molecule has 0 radical (unpaired) electrons. The van der Waals surface area contributed by atoms with E-state index in [1.807, 2.05) is 55.5 Å². The summed E-state index contributed by atoms with van der Waals surface area (Å²) in [5.74, 6) is -0.621. The minimum Gasteiger partial charge on any atom is -0.376 e. The first kappa shape index (κ1) is 17.1. The Morgan fingerprint density at radius 3 is 2.41 bits per heavy atom. The van der Waals surface area contributed by atoms with E-state index >= 15 is 0 Å². The predicted molar refractivity (Wildman–Crippen MR) is 107 cm³/mol. The van der Waals surface area contributed by atoms with E-state index in [-0.39, 0.29) is 18.4 Å². The van der Waals surface area contributed by atoms with Crippen molar-refractivity contribution in [2.24, 2.45) is 0 Å². The zero-order valence-electron chi connectivity index (χ0n) is 15.1. The first-order valence-corrected chi connectivity index (χ1v) is 9.05. The van der Waals surface area contributed by atoms with Gasteiger partial charge in [-0.15, -0.1) is 0 Å². The second kappa shape index (κ2) is 7.11. The van der Waals surface area contributed by atoms with Gasteiger partial charge < -0.3 is 5.32 Å². The van der Waals surface area contributed by atoms with E-state index in [0.717, 1.165) is 29.5 Å². The summed E-state index contributed by atoms with van der Waals surface area (Å²) < 4.78 is 0. The van der Waals surface area contributed by atoms with E-state index in [4.69, 9.17) is 0 Å². The van der Waals surface area contributed by atoms with Crippen molar-refractivity contribution in [1.29, 1.82) is 0 Å². The number of hydrogen-bond acceptors (Lipinski definition) is 3. The molecule has 0 spiro atoms. The molecule has 0 aliphatic heterocycles. The maximum absolute atomic E-state index is 12.6. The summed E-state index contributed by atoms with van der Waals surface area (Å²) in [6.45, 7) is 2.08. The number of carbonyl (C=O) groups is 2. The van der Waals surface area contributed by atoms with Crippen LogP contribution in [0.4, 0.5) is 5.69 Å². The van der Waals surface area contributed by atoms with Gasteiger partial charge in [0.05, 0.1) is 6.54 Å². The van der Waals surface area contributed by atoms with Crippen molar-refractivity contribution in [2.75, 3.05) is 11.9 Å². The van der Waals surface area contributed by atoms with Crippen LogP contribution < -0.4 is 16.2 Å². The fourth-order valence-corrected chi connectivity index (χ4v) is 3.54. The Morgan fingerprint density at radius 1 is 0.889 bits per heavy atom. The fourth-order valence-electron chi connectivity index (χ4n) is 3.54. The van der Waals surface area contributed by atoms with Crippen LogP contribution in [-0.2, 0) is 17.6 Å². The molecule has 1 aliphatic rings. The standard InChI is InChI=1S/C22H21N3O2/c1-14-5-10-17(11-6-14)23-13-20(26)24-25-22(27)19-12-9-16-8-7-15-3-2-4-18(19)21(15)16/h2-6,9-12,23H,7-8,13H2,1H3,(H,24,26)(H,25,27). The third-order valence-electron chi connectivity index (χ3n) is 4.94. The number of benzene rings is 3. The van der Waals surface area contributed by atoms with Gasteiger partial charge >= 0.3 is 0 Å². The van der Waals surface area contributed by atoms with Crippen LogP contribution in [0.15, 0.2) is 54.6 Å². The smallest absolute Gasteiger partial charge is 0.270 e. The minimum atomic E-state index is -0.311. The van der Waals surface area contributed by atoms with Gasteiger partial charge in [-0.2, -0.15) is 0 Å². The van der Waals surface area contributed by atoms with Gasteiger partial charge in [0.2, 0.25) is 0 Å². The van der Waals surface area contributed by atoms with Crippen LogP contribution in [0.3, 0.4) is 0 Å². The van der Waals surface area contributed by atoms with Crippen LogP contribution in [0, 0.1) is 6.92 Å². The minimum absolute atomic E-state index is 0.0766. The maximum atomic E-state index is 12.6. The number of rotatable bonds is 4. The van der Waals surface area contributed by atoms with E-state index in [1.165, 1.54) is 16.5 Å². The molecule has 136 valence electrons. The average Bonchev–Trinajstić information content (AvgIpc) is 3.11. The quantitative estimate of drug-likeness (QED) is 0.627. The van der Waals surface area contributed by atoms with E-state index < -0.39 is 0 Å². The molecule has 2 amide bonds. The van der Waals surface area contributed by atoms with Gasteiger partial charge in [-0.1, -0.05) is 42.0 Å². The summed E-state index contributed by atoms with van der Waals surface area (Å²) in [7, 11) is 0. The summed E-state index contributed by atoms with van der Waals surface area (Å²) in [5, 5.41) is 5.14.